The fourth-order valence-electron chi connectivity index (χ4n) is 2.24. The standard InChI is InChI=1S/C13H16FNO2/c14-12-3-1-2-11(8-12)13(17)15-6-4-10(9-15)5-7-16/h1-3,8,10,16H,4-7,9H2. The lowest BCUT2D eigenvalue weighted by molar-refractivity contribution is 0.0784. The molecule has 0 aromatic heterocycles. The molecule has 1 saturated heterocycles. The highest BCUT2D eigenvalue weighted by Crippen LogP contribution is 2.21. The van der Waals surface area contributed by atoms with Crippen LogP contribution in [0.1, 0.15) is 23.2 Å². The van der Waals surface area contributed by atoms with Gasteiger partial charge in [0.2, 0.25) is 0 Å². The Bertz CT molecular complexity index is 408. The molecule has 0 spiro atoms. The zero-order chi connectivity index (χ0) is 12.3. The molecule has 0 bridgehead atoms. The summed E-state index contributed by atoms with van der Waals surface area (Å²) in [5.41, 5.74) is 0.398. The first kappa shape index (κ1) is 12.0. The van der Waals surface area contributed by atoms with Gasteiger partial charge in [-0.3, -0.25) is 4.79 Å². The van der Waals surface area contributed by atoms with Gasteiger partial charge in [0.25, 0.3) is 5.91 Å². The third-order valence-electron chi connectivity index (χ3n) is 3.18. The van der Waals surface area contributed by atoms with Crippen LogP contribution < -0.4 is 0 Å². The van der Waals surface area contributed by atoms with Crippen LogP contribution in [-0.2, 0) is 0 Å². The van der Waals surface area contributed by atoms with Crippen LogP contribution in [0.25, 0.3) is 0 Å². The normalized spacial score (nSPS) is 19.6. The van der Waals surface area contributed by atoms with Crippen LogP contribution in [0.5, 0.6) is 0 Å². The van der Waals surface area contributed by atoms with E-state index in [1.54, 1.807) is 17.0 Å². The zero-order valence-corrected chi connectivity index (χ0v) is 9.60. The van der Waals surface area contributed by atoms with E-state index in [4.69, 9.17) is 5.11 Å². The second-order valence-corrected chi connectivity index (χ2v) is 4.43. The Morgan fingerprint density at radius 3 is 3.06 bits per heavy atom. The molecule has 0 radical (unpaired) electrons. The summed E-state index contributed by atoms with van der Waals surface area (Å²) >= 11 is 0. The van der Waals surface area contributed by atoms with E-state index in [1.165, 1.54) is 12.1 Å². The van der Waals surface area contributed by atoms with E-state index in [9.17, 15) is 9.18 Å². The second-order valence-electron chi connectivity index (χ2n) is 4.43. The summed E-state index contributed by atoms with van der Waals surface area (Å²) in [6, 6.07) is 5.77. The average Bonchev–Trinajstić information content (AvgIpc) is 2.77. The highest BCUT2D eigenvalue weighted by Gasteiger charge is 2.26. The first-order valence-electron chi connectivity index (χ1n) is 5.86. The van der Waals surface area contributed by atoms with E-state index in [1.807, 2.05) is 0 Å². The lowest BCUT2D eigenvalue weighted by atomic mass is 10.1. The van der Waals surface area contributed by atoms with E-state index in [2.05, 4.69) is 0 Å². The molecule has 92 valence electrons. The zero-order valence-electron chi connectivity index (χ0n) is 9.60. The molecule has 1 heterocycles. The molecule has 1 aliphatic heterocycles. The number of hydrogen-bond acceptors (Lipinski definition) is 2. The summed E-state index contributed by atoms with van der Waals surface area (Å²) < 4.78 is 13.0. The summed E-state index contributed by atoms with van der Waals surface area (Å²) in [4.78, 5) is 13.8. The Labute approximate surface area is 99.9 Å². The van der Waals surface area contributed by atoms with E-state index in [0.29, 0.717) is 24.6 Å². The molecule has 0 aliphatic carbocycles. The molecule has 4 heteroatoms. The number of carbonyl (C=O) groups excluding carboxylic acids is 1. The molecule has 1 aromatic rings. The van der Waals surface area contributed by atoms with Crippen molar-refractivity contribution in [2.75, 3.05) is 19.7 Å². The Balaban J connectivity index is 2.02. The van der Waals surface area contributed by atoms with Gasteiger partial charge < -0.3 is 10.0 Å². The molecule has 2 rings (SSSR count). The predicted molar refractivity (Wildman–Crippen MR) is 62.1 cm³/mol. The average molecular weight is 237 g/mol. The van der Waals surface area contributed by atoms with Crippen LogP contribution in [0.15, 0.2) is 24.3 Å². The SMILES string of the molecule is O=C(c1cccc(F)c1)N1CCC(CCO)C1. The second kappa shape index (κ2) is 5.27. The van der Waals surface area contributed by atoms with E-state index in [0.717, 1.165) is 12.8 Å². The number of rotatable bonds is 3. The third-order valence-corrected chi connectivity index (χ3v) is 3.18. The number of amides is 1. The van der Waals surface area contributed by atoms with Crippen LogP contribution >= 0.6 is 0 Å². The van der Waals surface area contributed by atoms with Gasteiger partial charge >= 0.3 is 0 Å². The first-order chi connectivity index (χ1) is 8.20. The van der Waals surface area contributed by atoms with Crippen LogP contribution in [-0.4, -0.2) is 35.6 Å². The molecule has 1 unspecified atom stereocenters. The molecule has 1 amide bonds. The molecule has 1 aliphatic rings. The van der Waals surface area contributed by atoms with Crippen molar-refractivity contribution in [2.45, 2.75) is 12.8 Å². The summed E-state index contributed by atoms with van der Waals surface area (Å²) in [5.74, 6) is -0.135. The minimum atomic E-state index is -0.387. The molecule has 1 atom stereocenters. The van der Waals surface area contributed by atoms with Gasteiger partial charge in [0, 0.05) is 25.3 Å². The monoisotopic (exact) mass is 237 g/mol. The van der Waals surface area contributed by atoms with Gasteiger partial charge in [0.1, 0.15) is 5.82 Å². The van der Waals surface area contributed by atoms with Crippen molar-refractivity contribution in [3.05, 3.63) is 35.6 Å². The number of aliphatic hydroxyl groups is 1. The van der Waals surface area contributed by atoms with Gasteiger partial charge in [-0.15, -0.1) is 0 Å². The summed E-state index contributed by atoms with van der Waals surface area (Å²) in [5, 5.41) is 8.85. The minimum absolute atomic E-state index is 0.120. The smallest absolute Gasteiger partial charge is 0.253 e. The van der Waals surface area contributed by atoms with Crippen molar-refractivity contribution in [2.24, 2.45) is 5.92 Å². The van der Waals surface area contributed by atoms with Gasteiger partial charge in [-0.25, -0.2) is 4.39 Å². The van der Waals surface area contributed by atoms with Crippen molar-refractivity contribution in [1.82, 2.24) is 4.90 Å². The molecule has 0 saturated carbocycles. The predicted octanol–water partition coefficient (Wildman–Crippen LogP) is 1.67. The summed E-state index contributed by atoms with van der Waals surface area (Å²) in [6.45, 7) is 1.52. The Hall–Kier alpha value is -1.42. The highest BCUT2D eigenvalue weighted by atomic mass is 19.1. The van der Waals surface area contributed by atoms with E-state index in [-0.39, 0.29) is 18.3 Å². The lowest BCUT2D eigenvalue weighted by Gasteiger charge is -2.16. The fraction of sp³-hybridized carbons (Fsp3) is 0.462. The number of likely N-dealkylation sites (tertiary alicyclic amines) is 1. The van der Waals surface area contributed by atoms with Crippen LogP contribution in [0.2, 0.25) is 0 Å². The highest BCUT2D eigenvalue weighted by molar-refractivity contribution is 5.94. The van der Waals surface area contributed by atoms with Gasteiger partial charge in [-0.2, -0.15) is 0 Å². The van der Waals surface area contributed by atoms with Gasteiger partial charge in [0.15, 0.2) is 0 Å². The van der Waals surface area contributed by atoms with Crippen molar-refractivity contribution in [1.29, 1.82) is 0 Å². The first-order valence-corrected chi connectivity index (χ1v) is 5.86. The Kier molecular flexibility index (Phi) is 3.74. The number of aliphatic hydroxyl groups excluding tert-OH is 1. The van der Waals surface area contributed by atoms with E-state index >= 15 is 0 Å². The number of nitrogens with zero attached hydrogens (tertiary/aromatic N) is 1. The third kappa shape index (κ3) is 2.82. The van der Waals surface area contributed by atoms with Crippen molar-refractivity contribution < 1.29 is 14.3 Å². The summed E-state index contributed by atoms with van der Waals surface area (Å²) in [6.07, 6.45) is 1.65. The van der Waals surface area contributed by atoms with Gasteiger partial charge in [0.05, 0.1) is 0 Å². The maximum atomic E-state index is 13.0. The van der Waals surface area contributed by atoms with Gasteiger partial charge in [-0.05, 0) is 37.0 Å². The maximum Gasteiger partial charge on any atom is 0.253 e. The van der Waals surface area contributed by atoms with Crippen molar-refractivity contribution in [3.63, 3.8) is 0 Å². The fourth-order valence-corrected chi connectivity index (χ4v) is 2.24. The van der Waals surface area contributed by atoms with Crippen molar-refractivity contribution >= 4 is 5.91 Å². The number of carbonyl (C=O) groups is 1. The molecule has 17 heavy (non-hydrogen) atoms. The Morgan fingerprint density at radius 2 is 2.35 bits per heavy atom. The van der Waals surface area contributed by atoms with Crippen LogP contribution in [0.4, 0.5) is 4.39 Å². The molecular weight excluding hydrogens is 221 g/mol. The topological polar surface area (TPSA) is 40.5 Å². The molecule has 1 aromatic carbocycles. The summed E-state index contributed by atoms with van der Waals surface area (Å²) in [7, 11) is 0. The minimum Gasteiger partial charge on any atom is -0.396 e. The largest absolute Gasteiger partial charge is 0.396 e. The van der Waals surface area contributed by atoms with Crippen LogP contribution in [0, 0.1) is 11.7 Å². The Morgan fingerprint density at radius 1 is 1.53 bits per heavy atom. The lowest BCUT2D eigenvalue weighted by Crippen LogP contribution is -2.28. The molecule has 1 fully saturated rings. The number of halogens is 1. The van der Waals surface area contributed by atoms with Gasteiger partial charge in [-0.1, -0.05) is 6.07 Å². The van der Waals surface area contributed by atoms with Crippen molar-refractivity contribution in [3.8, 4) is 0 Å². The number of hydrogen-bond donors (Lipinski definition) is 1. The molecular formula is C13H16FNO2. The maximum absolute atomic E-state index is 13.0. The number of benzene rings is 1. The quantitative estimate of drug-likeness (QED) is 0.868. The van der Waals surface area contributed by atoms with E-state index < -0.39 is 0 Å². The molecule has 1 N–H and O–H groups in total. The molecule has 3 nitrogen and oxygen atoms in total. The van der Waals surface area contributed by atoms with Crippen LogP contribution in [0.3, 0.4) is 0 Å².